The van der Waals surface area contributed by atoms with Gasteiger partial charge in [0.15, 0.2) is 5.75 Å². The maximum absolute atomic E-state index is 10.9. The van der Waals surface area contributed by atoms with Crippen molar-refractivity contribution in [2.45, 2.75) is 18.9 Å². The van der Waals surface area contributed by atoms with Gasteiger partial charge in [0, 0.05) is 0 Å². The van der Waals surface area contributed by atoms with Crippen LogP contribution in [0, 0.1) is 11.3 Å². The molecule has 15 heavy (non-hydrogen) atoms. The SMILES string of the molecule is N#Cc1cccc(C(=O)O)c1OC1CC1. The van der Waals surface area contributed by atoms with Crippen LogP contribution >= 0.6 is 0 Å². The topological polar surface area (TPSA) is 70.3 Å². The van der Waals surface area contributed by atoms with Crippen molar-refractivity contribution in [1.82, 2.24) is 0 Å². The first-order chi connectivity index (χ1) is 7.22. The first kappa shape index (κ1) is 9.53. The average Bonchev–Trinajstić information content (AvgIpc) is 3.01. The fraction of sp³-hybridized carbons (Fsp3) is 0.273. The molecule has 1 fully saturated rings. The molecule has 0 spiro atoms. The lowest BCUT2D eigenvalue weighted by atomic mass is 10.1. The minimum atomic E-state index is -1.07. The van der Waals surface area contributed by atoms with Gasteiger partial charge >= 0.3 is 5.97 Å². The Morgan fingerprint density at radius 1 is 1.53 bits per heavy atom. The number of aromatic carboxylic acids is 1. The smallest absolute Gasteiger partial charge is 0.339 e. The van der Waals surface area contributed by atoms with Crippen LogP contribution in [-0.4, -0.2) is 17.2 Å². The van der Waals surface area contributed by atoms with Crippen molar-refractivity contribution < 1.29 is 14.6 Å². The van der Waals surface area contributed by atoms with E-state index in [0.29, 0.717) is 0 Å². The van der Waals surface area contributed by atoms with Gasteiger partial charge in [0.05, 0.1) is 11.7 Å². The third-order valence-corrected chi connectivity index (χ3v) is 2.17. The number of para-hydroxylation sites is 1. The van der Waals surface area contributed by atoms with E-state index in [4.69, 9.17) is 15.1 Å². The Hall–Kier alpha value is -2.02. The summed E-state index contributed by atoms with van der Waals surface area (Å²) in [4.78, 5) is 10.9. The largest absolute Gasteiger partial charge is 0.488 e. The lowest BCUT2D eigenvalue weighted by molar-refractivity contribution is 0.0692. The Labute approximate surface area is 86.7 Å². The molecule has 1 aliphatic carbocycles. The molecule has 4 nitrogen and oxygen atoms in total. The van der Waals surface area contributed by atoms with Crippen LogP contribution < -0.4 is 4.74 Å². The van der Waals surface area contributed by atoms with Gasteiger partial charge in [0.1, 0.15) is 11.6 Å². The number of nitriles is 1. The second-order valence-corrected chi connectivity index (χ2v) is 3.42. The highest BCUT2D eigenvalue weighted by molar-refractivity contribution is 5.91. The fourth-order valence-electron chi connectivity index (χ4n) is 1.27. The maximum atomic E-state index is 10.9. The lowest BCUT2D eigenvalue weighted by Gasteiger charge is -2.09. The van der Waals surface area contributed by atoms with Gasteiger partial charge in [-0.1, -0.05) is 6.07 Å². The van der Waals surface area contributed by atoms with Crippen LogP contribution in [0.25, 0.3) is 0 Å². The zero-order valence-electron chi connectivity index (χ0n) is 7.93. The van der Waals surface area contributed by atoms with Crippen molar-refractivity contribution >= 4 is 5.97 Å². The molecule has 1 N–H and O–H groups in total. The highest BCUT2D eigenvalue weighted by Gasteiger charge is 2.27. The minimum absolute atomic E-state index is 0.0564. The van der Waals surface area contributed by atoms with E-state index in [0.717, 1.165) is 12.8 Å². The van der Waals surface area contributed by atoms with E-state index in [1.165, 1.54) is 6.07 Å². The second kappa shape index (κ2) is 3.62. The van der Waals surface area contributed by atoms with Crippen molar-refractivity contribution in [3.8, 4) is 11.8 Å². The van der Waals surface area contributed by atoms with Crippen molar-refractivity contribution in [1.29, 1.82) is 5.26 Å². The van der Waals surface area contributed by atoms with E-state index < -0.39 is 5.97 Å². The maximum Gasteiger partial charge on any atom is 0.339 e. The summed E-state index contributed by atoms with van der Waals surface area (Å²) in [5.41, 5.74) is 0.336. The molecule has 0 amide bonds. The monoisotopic (exact) mass is 203 g/mol. The fourth-order valence-corrected chi connectivity index (χ4v) is 1.27. The predicted molar refractivity (Wildman–Crippen MR) is 51.8 cm³/mol. The normalized spacial score (nSPS) is 14.3. The van der Waals surface area contributed by atoms with Gasteiger partial charge in [-0.15, -0.1) is 0 Å². The average molecular weight is 203 g/mol. The van der Waals surface area contributed by atoms with Crippen molar-refractivity contribution in [2.24, 2.45) is 0 Å². The number of ether oxygens (including phenoxy) is 1. The van der Waals surface area contributed by atoms with Gasteiger partial charge in [-0.05, 0) is 25.0 Å². The summed E-state index contributed by atoms with van der Waals surface area (Å²) >= 11 is 0. The number of hydrogen-bond acceptors (Lipinski definition) is 3. The number of rotatable bonds is 3. The first-order valence-corrected chi connectivity index (χ1v) is 4.65. The van der Waals surface area contributed by atoms with Gasteiger partial charge in [-0.2, -0.15) is 5.26 Å². The van der Waals surface area contributed by atoms with Gasteiger partial charge < -0.3 is 9.84 Å². The van der Waals surface area contributed by atoms with E-state index >= 15 is 0 Å². The van der Waals surface area contributed by atoms with Crippen LogP contribution in [-0.2, 0) is 0 Å². The van der Waals surface area contributed by atoms with Gasteiger partial charge in [0.25, 0.3) is 0 Å². The van der Waals surface area contributed by atoms with E-state index in [-0.39, 0.29) is 23.0 Å². The van der Waals surface area contributed by atoms with Crippen LogP contribution in [0.15, 0.2) is 18.2 Å². The Morgan fingerprint density at radius 2 is 2.27 bits per heavy atom. The molecule has 0 unspecified atom stereocenters. The minimum Gasteiger partial charge on any atom is -0.488 e. The summed E-state index contributed by atoms with van der Waals surface area (Å²) in [5, 5.41) is 17.8. The standard InChI is InChI=1S/C11H9NO3/c12-6-7-2-1-3-9(11(13)14)10(7)15-8-4-5-8/h1-3,8H,4-5H2,(H,13,14). The highest BCUT2D eigenvalue weighted by Crippen LogP contribution is 2.31. The number of carbonyl (C=O) groups is 1. The molecular formula is C11H9NO3. The third kappa shape index (κ3) is 1.91. The van der Waals surface area contributed by atoms with Crippen LogP contribution in [0.4, 0.5) is 0 Å². The zero-order valence-corrected chi connectivity index (χ0v) is 7.93. The number of benzene rings is 1. The Kier molecular flexibility index (Phi) is 2.30. The molecule has 0 atom stereocenters. The molecule has 0 heterocycles. The second-order valence-electron chi connectivity index (χ2n) is 3.42. The highest BCUT2D eigenvalue weighted by atomic mass is 16.5. The Balaban J connectivity index is 2.44. The molecule has 1 aliphatic rings. The number of nitrogens with zero attached hydrogens (tertiary/aromatic N) is 1. The summed E-state index contributed by atoms with van der Waals surface area (Å²) in [6, 6.07) is 6.48. The molecule has 2 rings (SSSR count). The molecule has 0 saturated heterocycles. The van der Waals surface area contributed by atoms with Crippen LogP contribution in [0.5, 0.6) is 5.75 Å². The van der Waals surface area contributed by atoms with Gasteiger partial charge in [0.2, 0.25) is 0 Å². The van der Waals surface area contributed by atoms with Crippen molar-refractivity contribution in [3.63, 3.8) is 0 Å². The van der Waals surface area contributed by atoms with Crippen LogP contribution in [0.1, 0.15) is 28.8 Å². The van der Waals surface area contributed by atoms with Crippen LogP contribution in [0.3, 0.4) is 0 Å². The molecule has 0 aromatic heterocycles. The third-order valence-electron chi connectivity index (χ3n) is 2.17. The summed E-state index contributed by atoms with van der Waals surface area (Å²) in [6.45, 7) is 0. The Bertz CT molecular complexity index is 444. The van der Waals surface area contributed by atoms with Crippen LogP contribution in [0.2, 0.25) is 0 Å². The molecule has 1 aromatic carbocycles. The quantitative estimate of drug-likeness (QED) is 0.813. The van der Waals surface area contributed by atoms with Gasteiger partial charge in [-0.25, -0.2) is 4.79 Å². The van der Waals surface area contributed by atoms with Gasteiger partial charge in [-0.3, -0.25) is 0 Å². The molecule has 1 saturated carbocycles. The summed E-state index contributed by atoms with van der Waals surface area (Å²) in [7, 11) is 0. The van der Waals surface area contributed by atoms with Crippen molar-refractivity contribution in [2.75, 3.05) is 0 Å². The number of hydrogen-bond donors (Lipinski definition) is 1. The molecule has 76 valence electrons. The summed E-state index contributed by atoms with van der Waals surface area (Å²) < 4.78 is 5.44. The molecule has 1 aromatic rings. The van der Waals surface area contributed by atoms with E-state index in [9.17, 15) is 4.79 Å². The van der Waals surface area contributed by atoms with E-state index in [1.807, 2.05) is 6.07 Å². The zero-order chi connectivity index (χ0) is 10.8. The lowest BCUT2D eigenvalue weighted by Crippen LogP contribution is -2.06. The number of carboxylic acids is 1. The molecule has 4 heteroatoms. The Morgan fingerprint density at radius 3 is 2.80 bits per heavy atom. The first-order valence-electron chi connectivity index (χ1n) is 4.65. The van der Waals surface area contributed by atoms with E-state index in [2.05, 4.69) is 0 Å². The summed E-state index contributed by atoms with van der Waals surface area (Å²) in [5.74, 6) is -0.863. The summed E-state index contributed by atoms with van der Waals surface area (Å²) in [6.07, 6.45) is 1.94. The predicted octanol–water partition coefficient (Wildman–Crippen LogP) is 1.80. The molecular weight excluding hydrogens is 194 g/mol. The molecule has 0 aliphatic heterocycles. The molecule has 0 radical (unpaired) electrons. The van der Waals surface area contributed by atoms with Crippen molar-refractivity contribution in [3.05, 3.63) is 29.3 Å². The van der Waals surface area contributed by atoms with E-state index in [1.54, 1.807) is 12.1 Å². The number of carboxylic acid groups (broad SMARTS) is 1. The molecule has 0 bridgehead atoms.